The summed E-state index contributed by atoms with van der Waals surface area (Å²) in [6.07, 6.45) is -0.0151. The molecule has 0 bridgehead atoms. The number of hydrogen-bond donors (Lipinski definition) is 1. The molecule has 0 unspecified atom stereocenters. The summed E-state index contributed by atoms with van der Waals surface area (Å²) in [4.78, 5) is 12.9. The van der Waals surface area contributed by atoms with E-state index in [1.165, 1.54) is 6.07 Å². The Bertz CT molecular complexity index is 571. The fourth-order valence-corrected chi connectivity index (χ4v) is 3.50. The van der Waals surface area contributed by atoms with Crippen LogP contribution in [-0.2, 0) is 5.88 Å². The zero-order valence-electron chi connectivity index (χ0n) is 13.6. The van der Waals surface area contributed by atoms with Crippen molar-refractivity contribution in [3.05, 3.63) is 29.3 Å². The lowest BCUT2D eigenvalue weighted by atomic mass is 10.1. The van der Waals surface area contributed by atoms with Gasteiger partial charge in [-0.15, -0.1) is 11.6 Å². The number of nitrogens with zero attached hydrogens (tertiary/aromatic N) is 1. The van der Waals surface area contributed by atoms with Crippen LogP contribution in [0.25, 0.3) is 0 Å². The van der Waals surface area contributed by atoms with Gasteiger partial charge in [0, 0.05) is 11.9 Å². The predicted molar refractivity (Wildman–Crippen MR) is 88.3 cm³/mol. The Kier molecular flexibility index (Phi) is 6.80. The van der Waals surface area contributed by atoms with Crippen LogP contribution in [0.15, 0.2) is 18.2 Å². The van der Waals surface area contributed by atoms with Crippen molar-refractivity contribution in [2.75, 3.05) is 13.1 Å². The monoisotopic (exact) mass is 361 g/mol. The highest BCUT2D eigenvalue weighted by Gasteiger charge is 2.34. The number of carboxylic acids is 1. The summed E-state index contributed by atoms with van der Waals surface area (Å²) in [6, 6.07) is 4.63. The minimum atomic E-state index is -2.37. The number of alkyl halides is 3. The van der Waals surface area contributed by atoms with Gasteiger partial charge in [-0.25, -0.2) is 13.6 Å². The van der Waals surface area contributed by atoms with E-state index in [-0.39, 0.29) is 30.1 Å². The van der Waals surface area contributed by atoms with E-state index in [4.69, 9.17) is 21.4 Å². The molecule has 1 aromatic carbocycles. The van der Waals surface area contributed by atoms with Gasteiger partial charge in [-0.05, 0) is 49.6 Å². The van der Waals surface area contributed by atoms with Gasteiger partial charge in [0.2, 0.25) is 0 Å². The van der Waals surface area contributed by atoms with Crippen LogP contribution in [0, 0.1) is 0 Å². The summed E-state index contributed by atoms with van der Waals surface area (Å²) < 4.78 is 31.5. The molecule has 1 fully saturated rings. The van der Waals surface area contributed by atoms with Crippen LogP contribution in [0.3, 0.4) is 0 Å². The molecule has 2 atom stereocenters. The first-order valence-electron chi connectivity index (χ1n) is 8.07. The quantitative estimate of drug-likeness (QED) is 0.711. The molecule has 134 valence electrons. The topological polar surface area (TPSA) is 49.8 Å². The predicted octanol–water partition coefficient (Wildman–Crippen LogP) is 4.01. The molecule has 2 rings (SSSR count). The average Bonchev–Trinajstić information content (AvgIpc) is 2.99. The maximum Gasteiger partial charge on any atom is 0.336 e. The van der Waals surface area contributed by atoms with Crippen LogP contribution in [-0.4, -0.2) is 47.6 Å². The summed E-state index contributed by atoms with van der Waals surface area (Å²) in [5, 5.41) is 9.13. The third-order valence-corrected chi connectivity index (χ3v) is 4.69. The lowest BCUT2D eigenvalue weighted by molar-refractivity contribution is 0.0353. The highest BCUT2D eigenvalue weighted by molar-refractivity contribution is 6.17. The molecule has 1 N–H and O–H groups in total. The Morgan fingerprint density at radius 3 is 2.79 bits per heavy atom. The Balaban J connectivity index is 2.12. The van der Waals surface area contributed by atoms with Crippen molar-refractivity contribution in [1.82, 2.24) is 4.90 Å². The Morgan fingerprint density at radius 2 is 2.21 bits per heavy atom. The number of carbonyl (C=O) groups is 1. The number of aromatic carboxylic acids is 1. The molecular weight excluding hydrogens is 340 g/mol. The van der Waals surface area contributed by atoms with Gasteiger partial charge < -0.3 is 9.84 Å². The van der Waals surface area contributed by atoms with Crippen molar-refractivity contribution in [2.24, 2.45) is 0 Å². The van der Waals surface area contributed by atoms with E-state index in [2.05, 4.69) is 0 Å². The van der Waals surface area contributed by atoms with E-state index in [0.717, 1.165) is 19.3 Å². The number of carboxylic acid groups (broad SMARTS) is 1. The number of likely N-dealkylation sites (N-methyl/N-ethyl adjacent to an activating group) is 1. The third-order valence-electron chi connectivity index (χ3n) is 4.40. The lowest BCUT2D eigenvalue weighted by Crippen LogP contribution is -2.44. The van der Waals surface area contributed by atoms with Gasteiger partial charge >= 0.3 is 5.97 Å². The number of ether oxygens (including phenoxy) is 1. The smallest absolute Gasteiger partial charge is 0.336 e. The summed E-state index contributed by atoms with van der Waals surface area (Å²) in [5.74, 6) is -0.440. The maximum absolute atomic E-state index is 12.7. The van der Waals surface area contributed by atoms with Gasteiger partial charge in [0.25, 0.3) is 6.43 Å². The first-order chi connectivity index (χ1) is 11.5. The first-order valence-corrected chi connectivity index (χ1v) is 8.60. The third kappa shape index (κ3) is 4.57. The maximum atomic E-state index is 12.7. The molecule has 1 aromatic rings. The van der Waals surface area contributed by atoms with Gasteiger partial charge in [-0.3, -0.25) is 4.90 Å². The molecule has 7 heteroatoms. The van der Waals surface area contributed by atoms with Gasteiger partial charge in [0.15, 0.2) is 0 Å². The van der Waals surface area contributed by atoms with E-state index in [9.17, 15) is 13.6 Å². The summed E-state index contributed by atoms with van der Waals surface area (Å²) in [5.41, 5.74) is 0.629. The minimum absolute atomic E-state index is 0.0531. The minimum Gasteiger partial charge on any atom is -0.489 e. The molecule has 0 aliphatic heterocycles. The number of halogens is 3. The van der Waals surface area contributed by atoms with Gasteiger partial charge in [0.05, 0.1) is 12.1 Å². The fraction of sp³-hybridized carbons (Fsp3) is 0.588. The van der Waals surface area contributed by atoms with Crippen molar-refractivity contribution in [1.29, 1.82) is 0 Å². The zero-order chi connectivity index (χ0) is 17.7. The van der Waals surface area contributed by atoms with Gasteiger partial charge in [-0.1, -0.05) is 6.92 Å². The molecule has 4 nitrogen and oxygen atoms in total. The van der Waals surface area contributed by atoms with E-state index in [1.54, 1.807) is 17.0 Å². The van der Waals surface area contributed by atoms with Crippen molar-refractivity contribution in [3.8, 4) is 5.75 Å². The Morgan fingerprint density at radius 1 is 1.46 bits per heavy atom. The molecule has 1 saturated carbocycles. The summed E-state index contributed by atoms with van der Waals surface area (Å²) in [6.45, 7) is 2.15. The number of hydrogen-bond acceptors (Lipinski definition) is 3. The largest absolute Gasteiger partial charge is 0.489 e. The fourth-order valence-electron chi connectivity index (χ4n) is 3.28. The molecule has 0 amide bonds. The molecule has 24 heavy (non-hydrogen) atoms. The molecular formula is C17H22ClF2NO3. The summed E-state index contributed by atoms with van der Waals surface area (Å²) >= 11 is 5.81. The summed E-state index contributed by atoms with van der Waals surface area (Å²) in [7, 11) is 0. The van der Waals surface area contributed by atoms with Crippen molar-refractivity contribution < 1.29 is 23.4 Å². The van der Waals surface area contributed by atoms with Crippen molar-refractivity contribution in [3.63, 3.8) is 0 Å². The number of benzene rings is 1. The molecule has 0 spiro atoms. The van der Waals surface area contributed by atoms with Crippen molar-refractivity contribution >= 4 is 17.6 Å². The molecule has 1 aliphatic rings. The average molecular weight is 362 g/mol. The second kappa shape index (κ2) is 8.62. The van der Waals surface area contributed by atoms with Crippen LogP contribution in [0.1, 0.15) is 42.1 Å². The van der Waals surface area contributed by atoms with Gasteiger partial charge in [-0.2, -0.15) is 0 Å². The molecule has 1 aliphatic carbocycles. The molecule has 0 aromatic heterocycles. The van der Waals surface area contributed by atoms with E-state index in [1.807, 2.05) is 6.92 Å². The normalized spacial score (nSPS) is 20.8. The Hall–Kier alpha value is -1.40. The lowest BCUT2D eigenvalue weighted by Gasteiger charge is -2.32. The highest BCUT2D eigenvalue weighted by Crippen LogP contribution is 2.30. The van der Waals surface area contributed by atoms with Crippen molar-refractivity contribution in [2.45, 2.75) is 50.6 Å². The van der Waals surface area contributed by atoms with E-state index in [0.29, 0.717) is 17.9 Å². The van der Waals surface area contributed by atoms with E-state index < -0.39 is 12.4 Å². The SMILES string of the molecule is CCN(CC(F)F)[C@H]1CCC[C@@H]1Oc1ccc(C(=O)O)c(CCl)c1. The van der Waals surface area contributed by atoms with E-state index >= 15 is 0 Å². The molecule has 0 heterocycles. The van der Waals surface area contributed by atoms with Crippen LogP contribution < -0.4 is 4.74 Å². The first kappa shape index (κ1) is 18.9. The standard InChI is InChI=1S/C17H22ClF2NO3/c1-2-21(10-16(19)20)14-4-3-5-15(14)24-12-6-7-13(17(22)23)11(8-12)9-18/h6-8,14-16H,2-5,9-10H2,1H3,(H,22,23)/t14-,15-/m0/s1. The number of rotatable bonds is 8. The van der Waals surface area contributed by atoms with Crippen LogP contribution in [0.4, 0.5) is 8.78 Å². The van der Waals surface area contributed by atoms with Gasteiger partial charge in [0.1, 0.15) is 11.9 Å². The molecule has 0 saturated heterocycles. The van der Waals surface area contributed by atoms with Crippen LogP contribution >= 0.6 is 11.6 Å². The second-order valence-electron chi connectivity index (χ2n) is 5.89. The highest BCUT2D eigenvalue weighted by atomic mass is 35.5. The second-order valence-corrected chi connectivity index (χ2v) is 6.16. The molecule has 0 radical (unpaired) electrons. The zero-order valence-corrected chi connectivity index (χ0v) is 14.3. The van der Waals surface area contributed by atoms with Crippen LogP contribution in [0.2, 0.25) is 0 Å². The Labute approximate surface area is 145 Å². The van der Waals surface area contributed by atoms with Crippen LogP contribution in [0.5, 0.6) is 5.75 Å².